The van der Waals surface area contributed by atoms with Gasteiger partial charge in [0, 0.05) is 76.1 Å². The summed E-state index contributed by atoms with van der Waals surface area (Å²) in [4.78, 5) is 35.6. The van der Waals surface area contributed by atoms with Gasteiger partial charge < -0.3 is 29.9 Å². The van der Waals surface area contributed by atoms with E-state index in [0.717, 1.165) is 18.4 Å². The first-order chi connectivity index (χ1) is 16.5. The van der Waals surface area contributed by atoms with Crippen LogP contribution in [0.5, 0.6) is 5.88 Å². The zero-order valence-corrected chi connectivity index (χ0v) is 19.0. The Bertz CT molecular complexity index is 1070. The summed E-state index contributed by atoms with van der Waals surface area (Å²) >= 11 is 0. The Hall–Kier alpha value is -3.72. The smallest absolute Gasteiger partial charge is 0.320 e. The second-order valence-electron chi connectivity index (χ2n) is 8.81. The SMILES string of the molecule is CN(C(=O)N1CC(C#N)C1)[C@H]1C[C@H](Oc2cc(-c3cnc(N)nc3)nc(N3CCOCC3)n2)C1. The summed E-state index contributed by atoms with van der Waals surface area (Å²) in [5, 5.41) is 8.92. The standard InChI is InChI=1S/C22H27N9O3/c1-29(22(32)31-12-14(9-23)13-31)16-6-17(7-16)34-19-8-18(15-10-25-20(24)26-11-15)27-21(28-19)30-2-4-33-5-3-30/h8,10-11,14,16-17H,2-7,12-13H2,1H3,(H2,24,25,26)/t16-,17-. The number of ether oxygens (including phenoxy) is 2. The van der Waals surface area contributed by atoms with Gasteiger partial charge in [0.25, 0.3) is 0 Å². The molecule has 12 heteroatoms. The Morgan fingerprint density at radius 1 is 1.24 bits per heavy atom. The molecule has 178 valence electrons. The molecular formula is C22H27N9O3. The van der Waals surface area contributed by atoms with Crippen molar-refractivity contribution in [1.29, 1.82) is 5.26 Å². The van der Waals surface area contributed by atoms with Gasteiger partial charge in [0.15, 0.2) is 0 Å². The van der Waals surface area contributed by atoms with Gasteiger partial charge in [0.2, 0.25) is 17.8 Å². The van der Waals surface area contributed by atoms with Crippen LogP contribution in [0.4, 0.5) is 16.7 Å². The van der Waals surface area contributed by atoms with Crippen molar-refractivity contribution in [3.63, 3.8) is 0 Å². The Morgan fingerprint density at radius 2 is 1.94 bits per heavy atom. The highest BCUT2D eigenvalue weighted by Crippen LogP contribution is 2.32. The van der Waals surface area contributed by atoms with Crippen molar-refractivity contribution in [3.05, 3.63) is 18.5 Å². The molecule has 2 aliphatic heterocycles. The molecule has 12 nitrogen and oxygen atoms in total. The molecule has 4 heterocycles. The molecule has 2 amide bonds. The molecule has 34 heavy (non-hydrogen) atoms. The third-order valence-electron chi connectivity index (χ3n) is 6.49. The normalized spacial score (nSPS) is 22.4. The molecule has 0 unspecified atom stereocenters. The third kappa shape index (κ3) is 4.51. The molecule has 2 saturated heterocycles. The molecule has 1 saturated carbocycles. The maximum absolute atomic E-state index is 12.6. The molecule has 3 aliphatic rings. The number of nitrogen functional groups attached to an aromatic ring is 1. The largest absolute Gasteiger partial charge is 0.474 e. The molecule has 3 fully saturated rings. The minimum atomic E-state index is -0.0496. The molecule has 0 spiro atoms. The van der Waals surface area contributed by atoms with E-state index in [1.165, 1.54) is 0 Å². The lowest BCUT2D eigenvalue weighted by molar-refractivity contribution is 0.0250. The lowest BCUT2D eigenvalue weighted by Crippen LogP contribution is -2.58. The first-order valence-corrected chi connectivity index (χ1v) is 11.4. The van der Waals surface area contributed by atoms with Gasteiger partial charge in [-0.05, 0) is 0 Å². The minimum Gasteiger partial charge on any atom is -0.474 e. The van der Waals surface area contributed by atoms with Gasteiger partial charge in [-0.2, -0.15) is 10.2 Å². The third-order valence-corrected chi connectivity index (χ3v) is 6.49. The van der Waals surface area contributed by atoms with Crippen molar-refractivity contribution in [2.75, 3.05) is 57.1 Å². The van der Waals surface area contributed by atoms with Crippen molar-refractivity contribution in [3.8, 4) is 23.2 Å². The number of carbonyl (C=O) groups is 1. The molecule has 0 radical (unpaired) electrons. The van der Waals surface area contributed by atoms with Gasteiger partial charge in [-0.15, -0.1) is 0 Å². The Kier molecular flexibility index (Phi) is 6.02. The van der Waals surface area contributed by atoms with E-state index in [4.69, 9.17) is 25.5 Å². The van der Waals surface area contributed by atoms with Crippen LogP contribution in [0.2, 0.25) is 0 Å². The summed E-state index contributed by atoms with van der Waals surface area (Å²) in [6.07, 6.45) is 4.64. The number of anilines is 2. The van der Waals surface area contributed by atoms with E-state index in [-0.39, 0.29) is 30.0 Å². The van der Waals surface area contributed by atoms with E-state index in [0.29, 0.717) is 56.9 Å². The van der Waals surface area contributed by atoms with Crippen molar-refractivity contribution >= 4 is 17.9 Å². The first kappa shape index (κ1) is 22.1. The number of nitrogens with zero attached hydrogens (tertiary/aromatic N) is 8. The molecular weight excluding hydrogens is 438 g/mol. The van der Waals surface area contributed by atoms with E-state index in [9.17, 15) is 4.79 Å². The van der Waals surface area contributed by atoms with Crippen LogP contribution in [-0.2, 0) is 4.74 Å². The maximum Gasteiger partial charge on any atom is 0.320 e. The molecule has 1 aliphatic carbocycles. The predicted molar refractivity (Wildman–Crippen MR) is 122 cm³/mol. The second kappa shape index (κ2) is 9.26. The number of urea groups is 1. The number of morpholine rings is 1. The van der Waals surface area contributed by atoms with Crippen molar-refractivity contribution in [2.45, 2.75) is 25.0 Å². The highest BCUT2D eigenvalue weighted by Gasteiger charge is 2.40. The lowest BCUT2D eigenvalue weighted by Gasteiger charge is -2.45. The van der Waals surface area contributed by atoms with E-state index in [1.807, 2.05) is 7.05 Å². The Morgan fingerprint density at radius 3 is 2.62 bits per heavy atom. The van der Waals surface area contributed by atoms with Gasteiger partial charge in [-0.3, -0.25) is 0 Å². The number of carbonyl (C=O) groups excluding carboxylic acids is 1. The molecule has 2 aromatic heterocycles. The van der Waals surface area contributed by atoms with Crippen LogP contribution in [0.15, 0.2) is 18.5 Å². The topological polar surface area (TPSA) is 147 Å². The fourth-order valence-electron chi connectivity index (χ4n) is 4.21. The van der Waals surface area contributed by atoms with Crippen LogP contribution in [-0.4, -0.2) is 94.4 Å². The number of nitrogens with two attached hydrogens (primary N) is 1. The van der Waals surface area contributed by atoms with Crippen LogP contribution in [0.1, 0.15) is 12.8 Å². The Balaban J connectivity index is 1.26. The summed E-state index contributed by atoms with van der Waals surface area (Å²) in [5.41, 5.74) is 7.00. The highest BCUT2D eigenvalue weighted by molar-refractivity contribution is 5.75. The number of rotatable bonds is 5. The van der Waals surface area contributed by atoms with Crippen LogP contribution >= 0.6 is 0 Å². The summed E-state index contributed by atoms with van der Waals surface area (Å²) in [6, 6.07) is 4.05. The lowest BCUT2D eigenvalue weighted by atomic mass is 9.88. The van der Waals surface area contributed by atoms with Gasteiger partial charge in [-0.1, -0.05) is 0 Å². The first-order valence-electron chi connectivity index (χ1n) is 11.4. The predicted octanol–water partition coefficient (Wildman–Crippen LogP) is 0.769. The maximum atomic E-state index is 12.6. The molecule has 0 bridgehead atoms. The number of nitriles is 1. The molecule has 5 rings (SSSR count). The van der Waals surface area contributed by atoms with E-state index in [2.05, 4.69) is 25.9 Å². The van der Waals surface area contributed by atoms with Crippen LogP contribution in [0.25, 0.3) is 11.3 Å². The second-order valence-corrected chi connectivity index (χ2v) is 8.81. The summed E-state index contributed by atoms with van der Waals surface area (Å²) in [6.45, 7) is 3.65. The van der Waals surface area contributed by atoms with Crippen LogP contribution in [0.3, 0.4) is 0 Å². The van der Waals surface area contributed by atoms with Crippen molar-refractivity contribution in [2.24, 2.45) is 5.92 Å². The number of hydrogen-bond donors (Lipinski definition) is 1. The number of aromatic nitrogens is 4. The number of amides is 2. The fourth-order valence-corrected chi connectivity index (χ4v) is 4.21. The van der Waals surface area contributed by atoms with Gasteiger partial charge >= 0.3 is 6.03 Å². The van der Waals surface area contributed by atoms with Crippen LogP contribution in [0, 0.1) is 17.2 Å². The Labute approximate surface area is 197 Å². The summed E-state index contributed by atoms with van der Waals surface area (Å²) in [5.74, 6) is 1.19. The number of likely N-dealkylation sites (tertiary alicyclic amines) is 1. The van der Waals surface area contributed by atoms with Crippen LogP contribution < -0.4 is 15.4 Å². The van der Waals surface area contributed by atoms with Gasteiger partial charge in [0.1, 0.15) is 6.10 Å². The van der Waals surface area contributed by atoms with Gasteiger partial charge in [0.05, 0.1) is 30.9 Å². The molecule has 0 atom stereocenters. The zero-order valence-electron chi connectivity index (χ0n) is 19.0. The molecule has 2 aromatic rings. The average Bonchev–Trinajstić information content (AvgIpc) is 2.81. The zero-order chi connectivity index (χ0) is 23.7. The summed E-state index contributed by atoms with van der Waals surface area (Å²) < 4.78 is 11.6. The van der Waals surface area contributed by atoms with Crippen molar-refractivity contribution in [1.82, 2.24) is 29.7 Å². The quantitative estimate of drug-likeness (QED) is 0.671. The fraction of sp³-hybridized carbons (Fsp3) is 0.545. The molecule has 0 aromatic carbocycles. The summed E-state index contributed by atoms with van der Waals surface area (Å²) in [7, 11) is 1.81. The van der Waals surface area contributed by atoms with Crippen molar-refractivity contribution < 1.29 is 14.3 Å². The highest BCUT2D eigenvalue weighted by atomic mass is 16.5. The van der Waals surface area contributed by atoms with E-state index in [1.54, 1.807) is 28.3 Å². The average molecular weight is 466 g/mol. The minimum absolute atomic E-state index is 0.0303. The van der Waals surface area contributed by atoms with Gasteiger partial charge in [-0.25, -0.2) is 19.7 Å². The van der Waals surface area contributed by atoms with E-state index < -0.39 is 0 Å². The molecule has 2 N–H and O–H groups in total. The van der Waals surface area contributed by atoms with E-state index >= 15 is 0 Å². The number of hydrogen-bond acceptors (Lipinski definition) is 10. The monoisotopic (exact) mass is 465 g/mol.